The molecule has 0 saturated heterocycles. The molecule has 3 aromatic rings. The molecule has 0 radical (unpaired) electrons. The summed E-state index contributed by atoms with van der Waals surface area (Å²) in [5.74, 6) is 0.624. The van der Waals surface area contributed by atoms with E-state index in [1.165, 1.54) is 0 Å². The van der Waals surface area contributed by atoms with Gasteiger partial charge >= 0.3 is 0 Å². The molecular weight excluding hydrogens is 310 g/mol. The number of rotatable bonds is 4. The monoisotopic (exact) mass is 323 g/mol. The van der Waals surface area contributed by atoms with Crippen molar-refractivity contribution in [1.29, 1.82) is 0 Å². The number of aliphatic imine (C=N–C) groups is 1. The summed E-state index contributed by atoms with van der Waals surface area (Å²) in [6, 6.07) is 9.72. The van der Waals surface area contributed by atoms with Crippen molar-refractivity contribution in [3.63, 3.8) is 0 Å². The van der Waals surface area contributed by atoms with Crippen LogP contribution in [-0.4, -0.2) is 22.7 Å². The number of allylic oxidation sites excluding steroid dienone is 1. The number of fused-ring (bicyclic) bond motifs is 1. The highest BCUT2D eigenvalue weighted by atomic mass is 35.5. The molecule has 1 aliphatic heterocycles. The van der Waals surface area contributed by atoms with Crippen molar-refractivity contribution < 1.29 is 4.42 Å². The second kappa shape index (κ2) is 5.97. The molecule has 4 rings (SSSR count). The first-order valence-electron chi connectivity index (χ1n) is 7.48. The lowest BCUT2D eigenvalue weighted by Crippen LogP contribution is -1.94. The fourth-order valence-corrected chi connectivity index (χ4v) is 2.92. The average molecular weight is 324 g/mol. The van der Waals surface area contributed by atoms with Gasteiger partial charge in [0, 0.05) is 28.7 Å². The largest absolute Gasteiger partial charge is 0.436 e. The van der Waals surface area contributed by atoms with Crippen LogP contribution in [-0.2, 0) is 12.8 Å². The van der Waals surface area contributed by atoms with Gasteiger partial charge in [-0.05, 0) is 48.7 Å². The van der Waals surface area contributed by atoms with Gasteiger partial charge in [0.25, 0.3) is 0 Å². The highest BCUT2D eigenvalue weighted by Crippen LogP contribution is 2.29. The van der Waals surface area contributed by atoms with Gasteiger partial charge in [-0.25, -0.2) is 4.98 Å². The first-order chi connectivity index (χ1) is 11.3. The van der Waals surface area contributed by atoms with E-state index in [1.807, 2.05) is 42.6 Å². The second-order valence-corrected chi connectivity index (χ2v) is 5.87. The van der Waals surface area contributed by atoms with Crippen molar-refractivity contribution in [3.05, 3.63) is 64.8 Å². The maximum Gasteiger partial charge on any atom is 0.225 e. The molecule has 0 amide bonds. The summed E-state index contributed by atoms with van der Waals surface area (Å²) < 4.78 is 5.99. The zero-order valence-electron chi connectivity index (χ0n) is 12.4. The third-order valence-electron chi connectivity index (χ3n) is 3.83. The van der Waals surface area contributed by atoms with Crippen LogP contribution in [0.1, 0.15) is 17.1 Å². The number of nitrogens with zero attached hydrogens (tertiary/aromatic N) is 3. The average Bonchev–Trinajstić information content (AvgIpc) is 3.22. The Bertz CT molecular complexity index is 913. The van der Waals surface area contributed by atoms with E-state index in [0.717, 1.165) is 40.8 Å². The van der Waals surface area contributed by atoms with Crippen molar-refractivity contribution in [3.8, 4) is 0 Å². The normalized spacial score (nSPS) is 13.7. The van der Waals surface area contributed by atoms with Gasteiger partial charge in [0.15, 0.2) is 5.58 Å². The minimum atomic E-state index is 0.615. The number of pyridine rings is 1. The van der Waals surface area contributed by atoms with Gasteiger partial charge in [-0.15, -0.1) is 0 Å². The van der Waals surface area contributed by atoms with Crippen LogP contribution in [0.3, 0.4) is 0 Å². The molecule has 2 aromatic heterocycles. The molecule has 3 heterocycles. The van der Waals surface area contributed by atoms with E-state index in [1.54, 1.807) is 6.21 Å². The number of hydrogen-bond donors (Lipinski definition) is 0. The van der Waals surface area contributed by atoms with Crippen LogP contribution in [0.5, 0.6) is 0 Å². The Labute approximate surface area is 138 Å². The number of aryl methyl sites for hydroxylation is 2. The first kappa shape index (κ1) is 14.2. The summed E-state index contributed by atoms with van der Waals surface area (Å²) in [6.07, 6.45) is 7.15. The Hall–Kier alpha value is -2.46. The summed E-state index contributed by atoms with van der Waals surface area (Å²) in [4.78, 5) is 13.1. The molecule has 23 heavy (non-hydrogen) atoms. The topological polar surface area (TPSA) is 51.3 Å². The predicted octanol–water partition coefficient (Wildman–Crippen LogP) is 4.13. The van der Waals surface area contributed by atoms with Crippen molar-refractivity contribution in [2.45, 2.75) is 12.8 Å². The van der Waals surface area contributed by atoms with Gasteiger partial charge < -0.3 is 4.42 Å². The van der Waals surface area contributed by atoms with Gasteiger partial charge in [-0.1, -0.05) is 17.7 Å². The van der Waals surface area contributed by atoms with Crippen LogP contribution < -0.4 is 0 Å². The van der Waals surface area contributed by atoms with Crippen LogP contribution in [0.25, 0.3) is 16.7 Å². The van der Waals surface area contributed by atoms with Gasteiger partial charge in [0.05, 0.1) is 6.54 Å². The Balaban J connectivity index is 1.67. The SMILES string of the molecule is Clc1cc(CCc2ccccn2)c2oc(C3=CC=NC3)nc2c1. The van der Waals surface area contributed by atoms with Gasteiger partial charge in [-0.2, -0.15) is 0 Å². The summed E-state index contributed by atoms with van der Waals surface area (Å²) in [6.45, 7) is 0.615. The fraction of sp³-hybridized carbons (Fsp3) is 0.167. The van der Waals surface area contributed by atoms with Crippen LogP contribution in [0, 0.1) is 0 Å². The smallest absolute Gasteiger partial charge is 0.225 e. The van der Waals surface area contributed by atoms with Crippen LogP contribution in [0.15, 0.2) is 52.0 Å². The Morgan fingerprint density at radius 3 is 2.91 bits per heavy atom. The van der Waals surface area contributed by atoms with Crippen molar-refractivity contribution in [2.24, 2.45) is 4.99 Å². The van der Waals surface area contributed by atoms with E-state index < -0.39 is 0 Å². The quantitative estimate of drug-likeness (QED) is 0.725. The molecule has 0 N–H and O–H groups in total. The molecule has 5 heteroatoms. The minimum absolute atomic E-state index is 0.615. The third kappa shape index (κ3) is 2.90. The zero-order valence-corrected chi connectivity index (χ0v) is 13.1. The van der Waals surface area contributed by atoms with Crippen LogP contribution in [0.2, 0.25) is 5.02 Å². The zero-order chi connectivity index (χ0) is 15.6. The summed E-state index contributed by atoms with van der Waals surface area (Å²) in [7, 11) is 0. The summed E-state index contributed by atoms with van der Waals surface area (Å²) in [5.41, 5.74) is 4.68. The standard InChI is InChI=1S/C18H14ClN3O/c19-14-9-12(4-5-15-3-1-2-7-21-15)17-16(10-14)22-18(23-17)13-6-8-20-11-13/h1-3,6-10H,4-5,11H2. The van der Waals surface area contributed by atoms with Crippen LogP contribution in [0.4, 0.5) is 0 Å². The molecule has 0 aliphatic carbocycles. The number of benzene rings is 1. The second-order valence-electron chi connectivity index (χ2n) is 5.43. The third-order valence-corrected chi connectivity index (χ3v) is 4.04. The molecule has 0 spiro atoms. The van der Waals surface area contributed by atoms with E-state index in [2.05, 4.69) is 15.0 Å². The molecule has 0 saturated carbocycles. The maximum absolute atomic E-state index is 6.24. The summed E-state index contributed by atoms with van der Waals surface area (Å²) in [5, 5.41) is 0.671. The van der Waals surface area contributed by atoms with Gasteiger partial charge in [0.1, 0.15) is 5.52 Å². The molecule has 4 nitrogen and oxygen atoms in total. The van der Waals surface area contributed by atoms with Gasteiger partial charge in [-0.3, -0.25) is 9.98 Å². The van der Waals surface area contributed by atoms with E-state index in [-0.39, 0.29) is 0 Å². The maximum atomic E-state index is 6.24. The molecule has 0 fully saturated rings. The van der Waals surface area contributed by atoms with Crippen molar-refractivity contribution in [2.75, 3.05) is 6.54 Å². The fourth-order valence-electron chi connectivity index (χ4n) is 2.68. The van der Waals surface area contributed by atoms with E-state index in [0.29, 0.717) is 17.5 Å². The lowest BCUT2D eigenvalue weighted by atomic mass is 10.1. The predicted molar refractivity (Wildman–Crippen MR) is 92.0 cm³/mol. The number of hydrogen-bond acceptors (Lipinski definition) is 4. The molecule has 0 atom stereocenters. The van der Waals surface area contributed by atoms with Gasteiger partial charge in [0.2, 0.25) is 5.89 Å². The molecule has 0 unspecified atom stereocenters. The van der Waals surface area contributed by atoms with Crippen molar-refractivity contribution >= 4 is 34.5 Å². The molecule has 1 aromatic carbocycles. The highest BCUT2D eigenvalue weighted by molar-refractivity contribution is 6.31. The van der Waals surface area contributed by atoms with E-state index >= 15 is 0 Å². The Morgan fingerprint density at radius 2 is 2.13 bits per heavy atom. The Morgan fingerprint density at radius 1 is 1.17 bits per heavy atom. The minimum Gasteiger partial charge on any atom is -0.436 e. The van der Waals surface area contributed by atoms with E-state index in [4.69, 9.17) is 16.0 Å². The molecule has 114 valence electrons. The summed E-state index contributed by atoms with van der Waals surface area (Å²) >= 11 is 6.24. The highest BCUT2D eigenvalue weighted by Gasteiger charge is 2.15. The molecule has 0 bridgehead atoms. The lowest BCUT2D eigenvalue weighted by molar-refractivity contribution is 0.579. The molecular formula is C18H14ClN3O. The van der Waals surface area contributed by atoms with Crippen molar-refractivity contribution in [1.82, 2.24) is 9.97 Å². The molecule has 1 aliphatic rings. The number of oxazole rings is 1. The van der Waals surface area contributed by atoms with E-state index in [9.17, 15) is 0 Å². The number of aromatic nitrogens is 2. The Kier molecular flexibility index (Phi) is 3.67. The first-order valence-corrected chi connectivity index (χ1v) is 7.85. The van der Waals surface area contributed by atoms with Crippen LogP contribution >= 0.6 is 11.6 Å². The number of halogens is 1. The lowest BCUT2D eigenvalue weighted by Gasteiger charge is -2.03.